The van der Waals surface area contributed by atoms with Crippen molar-refractivity contribution in [2.75, 3.05) is 0 Å². The van der Waals surface area contributed by atoms with Crippen molar-refractivity contribution in [3.8, 4) is 0 Å². The molecule has 0 bridgehead atoms. The van der Waals surface area contributed by atoms with Gasteiger partial charge in [0.05, 0.1) is 6.10 Å². The molecular formula is C15H24O3. The van der Waals surface area contributed by atoms with Crippen LogP contribution in [0.15, 0.2) is 11.6 Å². The van der Waals surface area contributed by atoms with Gasteiger partial charge < -0.3 is 4.74 Å². The molecule has 0 saturated heterocycles. The molecule has 0 spiro atoms. The van der Waals surface area contributed by atoms with E-state index in [1.54, 1.807) is 6.08 Å². The first-order chi connectivity index (χ1) is 8.22. The van der Waals surface area contributed by atoms with Gasteiger partial charge in [-0.05, 0) is 44.1 Å². The van der Waals surface area contributed by atoms with E-state index in [0.29, 0.717) is 12.3 Å². The van der Waals surface area contributed by atoms with E-state index in [0.717, 1.165) is 18.4 Å². The molecule has 2 unspecified atom stereocenters. The highest BCUT2D eigenvalue weighted by molar-refractivity contribution is 5.91. The summed E-state index contributed by atoms with van der Waals surface area (Å²) in [4.78, 5) is 22.4. The van der Waals surface area contributed by atoms with Gasteiger partial charge in [0, 0.05) is 13.3 Å². The van der Waals surface area contributed by atoms with Crippen LogP contribution in [0.1, 0.15) is 53.9 Å². The van der Waals surface area contributed by atoms with Crippen LogP contribution in [0.5, 0.6) is 0 Å². The predicted molar refractivity (Wildman–Crippen MR) is 71.1 cm³/mol. The van der Waals surface area contributed by atoms with Gasteiger partial charge in [-0.15, -0.1) is 0 Å². The Morgan fingerprint density at radius 3 is 2.67 bits per heavy atom. The average molecular weight is 252 g/mol. The highest BCUT2D eigenvalue weighted by Gasteiger charge is 2.35. The summed E-state index contributed by atoms with van der Waals surface area (Å²) in [6.45, 7) is 9.66. The lowest BCUT2D eigenvalue weighted by atomic mass is 9.66. The Labute approximate surface area is 110 Å². The third kappa shape index (κ3) is 3.97. The number of carbonyl (C=O) groups excluding carboxylic acids is 2. The van der Waals surface area contributed by atoms with E-state index in [-0.39, 0.29) is 23.3 Å². The molecule has 0 radical (unpaired) electrons. The van der Waals surface area contributed by atoms with Gasteiger partial charge in [0.1, 0.15) is 0 Å². The second kappa shape index (κ2) is 5.68. The molecule has 0 aliphatic heterocycles. The largest absolute Gasteiger partial charge is 0.463 e. The van der Waals surface area contributed by atoms with Gasteiger partial charge in [-0.3, -0.25) is 9.59 Å². The fourth-order valence-corrected chi connectivity index (χ4v) is 2.96. The van der Waals surface area contributed by atoms with Crippen LogP contribution in [0, 0.1) is 11.3 Å². The fraction of sp³-hybridized carbons (Fsp3) is 0.733. The van der Waals surface area contributed by atoms with Crippen LogP contribution in [0.25, 0.3) is 0 Å². The Kier molecular flexibility index (Phi) is 4.71. The number of rotatable bonds is 4. The minimum atomic E-state index is -0.229. The van der Waals surface area contributed by atoms with Crippen LogP contribution in [0.2, 0.25) is 0 Å². The second-order valence-corrected chi connectivity index (χ2v) is 6.07. The summed E-state index contributed by atoms with van der Waals surface area (Å²) >= 11 is 0. The summed E-state index contributed by atoms with van der Waals surface area (Å²) in [7, 11) is 0. The van der Waals surface area contributed by atoms with Crippen LogP contribution in [-0.4, -0.2) is 17.9 Å². The Morgan fingerprint density at radius 2 is 2.17 bits per heavy atom. The van der Waals surface area contributed by atoms with E-state index < -0.39 is 0 Å². The van der Waals surface area contributed by atoms with Gasteiger partial charge in [-0.1, -0.05) is 19.4 Å². The van der Waals surface area contributed by atoms with Crippen molar-refractivity contribution < 1.29 is 14.3 Å². The quantitative estimate of drug-likeness (QED) is 0.721. The minimum Gasteiger partial charge on any atom is -0.463 e. The van der Waals surface area contributed by atoms with Gasteiger partial charge in [-0.2, -0.15) is 0 Å². The Balaban J connectivity index is 2.62. The number of esters is 1. The van der Waals surface area contributed by atoms with Crippen LogP contribution < -0.4 is 0 Å². The van der Waals surface area contributed by atoms with Crippen LogP contribution >= 0.6 is 0 Å². The number of hydrogen-bond acceptors (Lipinski definition) is 3. The van der Waals surface area contributed by atoms with E-state index in [9.17, 15) is 9.59 Å². The molecule has 3 heteroatoms. The van der Waals surface area contributed by atoms with E-state index in [4.69, 9.17) is 4.74 Å². The van der Waals surface area contributed by atoms with Crippen LogP contribution in [0.3, 0.4) is 0 Å². The lowest BCUT2D eigenvalue weighted by molar-refractivity contribution is -0.145. The number of allylic oxidation sites excluding steroid dienone is 2. The Hall–Kier alpha value is -1.12. The van der Waals surface area contributed by atoms with Crippen molar-refractivity contribution in [2.24, 2.45) is 11.3 Å². The maximum absolute atomic E-state index is 11.6. The van der Waals surface area contributed by atoms with E-state index in [1.165, 1.54) is 6.92 Å². The van der Waals surface area contributed by atoms with E-state index in [1.807, 2.05) is 13.8 Å². The lowest BCUT2D eigenvalue weighted by Crippen LogP contribution is -2.32. The zero-order valence-electron chi connectivity index (χ0n) is 12.1. The van der Waals surface area contributed by atoms with Gasteiger partial charge in [0.25, 0.3) is 0 Å². The van der Waals surface area contributed by atoms with Gasteiger partial charge in [0.15, 0.2) is 5.78 Å². The molecule has 0 aromatic carbocycles. The zero-order chi connectivity index (χ0) is 13.9. The van der Waals surface area contributed by atoms with Crippen LogP contribution in [-0.2, 0) is 14.3 Å². The number of carbonyl (C=O) groups is 2. The molecular weight excluding hydrogens is 228 g/mol. The highest BCUT2D eigenvalue weighted by Crippen LogP contribution is 2.42. The maximum Gasteiger partial charge on any atom is 0.302 e. The first kappa shape index (κ1) is 14.9. The maximum atomic E-state index is 11.6. The molecule has 102 valence electrons. The van der Waals surface area contributed by atoms with Gasteiger partial charge >= 0.3 is 5.97 Å². The van der Waals surface area contributed by atoms with Crippen molar-refractivity contribution in [2.45, 2.75) is 60.0 Å². The van der Waals surface area contributed by atoms with Crippen molar-refractivity contribution in [3.05, 3.63) is 11.6 Å². The summed E-state index contributed by atoms with van der Waals surface area (Å²) < 4.78 is 5.14. The summed E-state index contributed by atoms with van der Waals surface area (Å²) in [5.74, 6) is 0.392. The Morgan fingerprint density at radius 1 is 1.56 bits per heavy atom. The normalized spacial score (nSPS) is 24.4. The molecule has 2 atom stereocenters. The first-order valence-corrected chi connectivity index (χ1v) is 6.60. The van der Waals surface area contributed by atoms with Crippen molar-refractivity contribution in [3.63, 3.8) is 0 Å². The van der Waals surface area contributed by atoms with Gasteiger partial charge in [0.2, 0.25) is 0 Å². The molecule has 0 aromatic rings. The third-order valence-electron chi connectivity index (χ3n) is 3.74. The van der Waals surface area contributed by atoms with Crippen molar-refractivity contribution >= 4 is 11.8 Å². The smallest absolute Gasteiger partial charge is 0.302 e. The SMILES string of the molecule is CC(=O)OC(C)CCC1C(C)=CC(=O)CC1(C)C. The number of ketones is 1. The number of hydrogen-bond donors (Lipinski definition) is 0. The predicted octanol–water partition coefficient (Wildman–Crippen LogP) is 3.28. The fourth-order valence-electron chi connectivity index (χ4n) is 2.96. The molecule has 0 fully saturated rings. The van der Waals surface area contributed by atoms with E-state index in [2.05, 4.69) is 13.8 Å². The average Bonchev–Trinajstić information content (AvgIpc) is 2.12. The highest BCUT2D eigenvalue weighted by atomic mass is 16.5. The lowest BCUT2D eigenvalue weighted by Gasteiger charge is -2.38. The summed E-state index contributed by atoms with van der Waals surface area (Å²) in [5.41, 5.74) is 1.16. The van der Waals surface area contributed by atoms with Crippen molar-refractivity contribution in [1.29, 1.82) is 0 Å². The molecule has 1 rings (SSSR count). The monoisotopic (exact) mass is 252 g/mol. The number of ether oxygens (including phenoxy) is 1. The zero-order valence-corrected chi connectivity index (χ0v) is 12.1. The topological polar surface area (TPSA) is 43.4 Å². The summed E-state index contributed by atoms with van der Waals surface area (Å²) in [5, 5.41) is 0. The molecule has 0 heterocycles. The first-order valence-electron chi connectivity index (χ1n) is 6.60. The second-order valence-electron chi connectivity index (χ2n) is 6.07. The Bertz CT molecular complexity index is 366. The minimum absolute atomic E-state index is 0.00581. The summed E-state index contributed by atoms with van der Waals surface area (Å²) in [6.07, 6.45) is 4.12. The molecule has 0 amide bonds. The van der Waals surface area contributed by atoms with E-state index >= 15 is 0 Å². The molecule has 0 N–H and O–H groups in total. The molecule has 18 heavy (non-hydrogen) atoms. The van der Waals surface area contributed by atoms with Crippen LogP contribution in [0.4, 0.5) is 0 Å². The van der Waals surface area contributed by atoms with Crippen molar-refractivity contribution in [1.82, 2.24) is 0 Å². The molecule has 3 nitrogen and oxygen atoms in total. The molecule has 1 aliphatic rings. The molecule has 0 saturated carbocycles. The molecule has 0 aromatic heterocycles. The molecule has 1 aliphatic carbocycles. The third-order valence-corrected chi connectivity index (χ3v) is 3.74. The van der Waals surface area contributed by atoms with Gasteiger partial charge in [-0.25, -0.2) is 0 Å². The standard InChI is InChI=1S/C15H24O3/c1-10-8-13(17)9-15(4,5)14(10)7-6-11(2)18-12(3)16/h8,11,14H,6-7,9H2,1-5H3. The summed E-state index contributed by atoms with van der Waals surface area (Å²) in [6, 6.07) is 0.